The summed E-state index contributed by atoms with van der Waals surface area (Å²) < 4.78 is 12.1. The van der Waals surface area contributed by atoms with Crippen LogP contribution in [-0.4, -0.2) is 13.2 Å². The number of fused-ring (bicyclic) bond motifs is 1. The number of halogens is 2. The van der Waals surface area contributed by atoms with E-state index in [0.717, 1.165) is 32.2 Å². The van der Waals surface area contributed by atoms with Gasteiger partial charge in [-0.05, 0) is 27.6 Å². The minimum Gasteiger partial charge on any atom is -0.486 e. The van der Waals surface area contributed by atoms with Crippen molar-refractivity contribution in [3.05, 3.63) is 51.5 Å². The van der Waals surface area contributed by atoms with Crippen molar-refractivity contribution < 1.29 is 9.47 Å². The van der Waals surface area contributed by atoms with Gasteiger partial charge >= 0.3 is 0 Å². The minimum atomic E-state index is 0.582. The predicted octanol–water partition coefficient (Wildman–Crippen LogP) is 4.49. The van der Waals surface area contributed by atoms with E-state index in [0.29, 0.717) is 19.8 Å². The Morgan fingerprint density at radius 2 is 1.80 bits per heavy atom. The zero-order valence-corrected chi connectivity index (χ0v) is 13.0. The van der Waals surface area contributed by atoms with Gasteiger partial charge in [-0.2, -0.15) is 0 Å². The number of hydrogen-bond donors (Lipinski definition) is 1. The normalized spacial score (nSPS) is 13.1. The lowest BCUT2D eigenvalue weighted by Gasteiger charge is -2.20. The second-order valence-electron chi connectivity index (χ2n) is 4.42. The fourth-order valence-electron chi connectivity index (χ4n) is 2.03. The van der Waals surface area contributed by atoms with E-state index in [4.69, 9.17) is 21.1 Å². The molecule has 3 nitrogen and oxygen atoms in total. The maximum atomic E-state index is 6.15. The van der Waals surface area contributed by atoms with Crippen LogP contribution >= 0.6 is 27.5 Å². The molecule has 1 aliphatic heterocycles. The topological polar surface area (TPSA) is 30.5 Å². The summed E-state index contributed by atoms with van der Waals surface area (Å²) in [4.78, 5) is 0. The van der Waals surface area contributed by atoms with E-state index in [9.17, 15) is 0 Å². The molecule has 2 aromatic carbocycles. The molecule has 0 unspecified atom stereocenters. The first-order valence-corrected chi connectivity index (χ1v) is 7.47. The highest BCUT2D eigenvalue weighted by molar-refractivity contribution is 9.10. The number of rotatable bonds is 3. The summed E-state index contributed by atoms with van der Waals surface area (Å²) in [5.74, 6) is 1.53. The summed E-state index contributed by atoms with van der Waals surface area (Å²) in [5, 5.41) is 4.11. The van der Waals surface area contributed by atoms with Gasteiger partial charge < -0.3 is 14.8 Å². The van der Waals surface area contributed by atoms with Gasteiger partial charge in [0.2, 0.25) is 0 Å². The van der Waals surface area contributed by atoms with Crippen molar-refractivity contribution in [2.75, 3.05) is 18.5 Å². The molecule has 0 amide bonds. The quantitative estimate of drug-likeness (QED) is 0.881. The SMILES string of the molecule is Clc1ccccc1CNc1cc2c(cc1Br)OCCO2. The molecule has 1 heterocycles. The van der Waals surface area contributed by atoms with Gasteiger partial charge in [-0.25, -0.2) is 0 Å². The van der Waals surface area contributed by atoms with Gasteiger partial charge in [0.15, 0.2) is 11.5 Å². The van der Waals surface area contributed by atoms with Gasteiger partial charge in [-0.15, -0.1) is 0 Å². The lowest BCUT2D eigenvalue weighted by atomic mass is 10.2. The molecule has 2 aromatic rings. The average Bonchev–Trinajstić information content (AvgIpc) is 2.46. The molecular formula is C15H13BrClNO2. The summed E-state index contributed by atoms with van der Waals surface area (Å²) >= 11 is 9.69. The van der Waals surface area contributed by atoms with E-state index in [-0.39, 0.29) is 0 Å². The highest BCUT2D eigenvalue weighted by Crippen LogP contribution is 2.38. The third-order valence-corrected chi connectivity index (χ3v) is 4.08. The Kier molecular flexibility index (Phi) is 4.03. The summed E-state index contributed by atoms with van der Waals surface area (Å²) in [6.45, 7) is 1.82. The third kappa shape index (κ3) is 2.86. The highest BCUT2D eigenvalue weighted by atomic mass is 79.9. The average molecular weight is 355 g/mol. The maximum absolute atomic E-state index is 6.15. The number of benzene rings is 2. The monoisotopic (exact) mass is 353 g/mol. The first-order chi connectivity index (χ1) is 9.74. The van der Waals surface area contributed by atoms with Crippen molar-refractivity contribution >= 4 is 33.2 Å². The molecule has 0 atom stereocenters. The van der Waals surface area contributed by atoms with Crippen LogP contribution in [0.25, 0.3) is 0 Å². The lowest BCUT2D eigenvalue weighted by molar-refractivity contribution is 0.171. The smallest absolute Gasteiger partial charge is 0.163 e. The molecule has 1 N–H and O–H groups in total. The molecule has 0 saturated carbocycles. The molecule has 3 rings (SSSR count). The second-order valence-corrected chi connectivity index (χ2v) is 5.68. The number of nitrogens with one attached hydrogen (secondary N) is 1. The van der Waals surface area contributed by atoms with E-state index >= 15 is 0 Å². The predicted molar refractivity (Wildman–Crippen MR) is 83.9 cm³/mol. The van der Waals surface area contributed by atoms with Gasteiger partial charge in [0, 0.05) is 28.2 Å². The molecule has 5 heteroatoms. The molecule has 20 heavy (non-hydrogen) atoms. The van der Waals surface area contributed by atoms with Crippen molar-refractivity contribution in [2.24, 2.45) is 0 Å². The van der Waals surface area contributed by atoms with Crippen LogP contribution in [0.15, 0.2) is 40.9 Å². The molecular weight excluding hydrogens is 342 g/mol. The van der Waals surface area contributed by atoms with E-state index in [2.05, 4.69) is 21.2 Å². The molecule has 0 bridgehead atoms. The van der Waals surface area contributed by atoms with Crippen molar-refractivity contribution in [1.82, 2.24) is 0 Å². The van der Waals surface area contributed by atoms with Gasteiger partial charge in [0.25, 0.3) is 0 Å². The minimum absolute atomic E-state index is 0.582. The fraction of sp³-hybridized carbons (Fsp3) is 0.200. The Morgan fingerprint density at radius 3 is 2.55 bits per heavy atom. The zero-order valence-electron chi connectivity index (χ0n) is 10.7. The van der Waals surface area contributed by atoms with Crippen LogP contribution in [-0.2, 0) is 6.54 Å². The number of anilines is 1. The van der Waals surface area contributed by atoms with Crippen molar-refractivity contribution in [2.45, 2.75) is 6.54 Å². The molecule has 104 valence electrons. The third-order valence-electron chi connectivity index (χ3n) is 3.06. The largest absolute Gasteiger partial charge is 0.486 e. The molecule has 1 aliphatic rings. The van der Waals surface area contributed by atoms with Crippen molar-refractivity contribution in [1.29, 1.82) is 0 Å². The Hall–Kier alpha value is -1.39. The Balaban J connectivity index is 1.79. The van der Waals surface area contributed by atoms with E-state index < -0.39 is 0 Å². The van der Waals surface area contributed by atoms with Crippen LogP contribution in [0.2, 0.25) is 5.02 Å². The second kappa shape index (κ2) is 5.94. The van der Waals surface area contributed by atoms with Crippen LogP contribution in [0.1, 0.15) is 5.56 Å². The Morgan fingerprint density at radius 1 is 1.10 bits per heavy atom. The number of ether oxygens (including phenoxy) is 2. The summed E-state index contributed by atoms with van der Waals surface area (Å²) in [6.07, 6.45) is 0. The van der Waals surface area contributed by atoms with E-state index in [1.807, 2.05) is 36.4 Å². The first kappa shape index (κ1) is 13.6. The van der Waals surface area contributed by atoms with Gasteiger partial charge in [0.1, 0.15) is 13.2 Å². The molecule has 0 aromatic heterocycles. The summed E-state index contributed by atoms with van der Waals surface area (Å²) in [6, 6.07) is 11.6. The van der Waals surface area contributed by atoms with Crippen molar-refractivity contribution in [3.63, 3.8) is 0 Å². The maximum Gasteiger partial charge on any atom is 0.163 e. The standard InChI is InChI=1S/C15H13BrClNO2/c16-11-7-14-15(20-6-5-19-14)8-13(11)18-9-10-3-1-2-4-12(10)17/h1-4,7-8,18H,5-6,9H2. The van der Waals surface area contributed by atoms with Gasteiger partial charge in [0.05, 0.1) is 5.69 Å². The van der Waals surface area contributed by atoms with Gasteiger partial charge in [-0.1, -0.05) is 29.8 Å². The van der Waals surface area contributed by atoms with Crippen LogP contribution in [0.4, 0.5) is 5.69 Å². The zero-order chi connectivity index (χ0) is 13.9. The first-order valence-electron chi connectivity index (χ1n) is 6.30. The highest BCUT2D eigenvalue weighted by Gasteiger charge is 2.14. The molecule has 0 saturated heterocycles. The number of hydrogen-bond acceptors (Lipinski definition) is 3. The Labute approximate surface area is 131 Å². The van der Waals surface area contributed by atoms with Crippen molar-refractivity contribution in [3.8, 4) is 11.5 Å². The summed E-state index contributed by atoms with van der Waals surface area (Å²) in [7, 11) is 0. The van der Waals surface area contributed by atoms with Gasteiger partial charge in [-0.3, -0.25) is 0 Å². The van der Waals surface area contributed by atoms with Crippen LogP contribution in [0.5, 0.6) is 11.5 Å². The molecule has 0 fully saturated rings. The molecule has 0 spiro atoms. The van der Waals surface area contributed by atoms with E-state index in [1.165, 1.54) is 0 Å². The van der Waals surface area contributed by atoms with Crippen LogP contribution < -0.4 is 14.8 Å². The summed E-state index contributed by atoms with van der Waals surface area (Å²) in [5.41, 5.74) is 2.00. The van der Waals surface area contributed by atoms with Crippen LogP contribution in [0, 0.1) is 0 Å². The van der Waals surface area contributed by atoms with Crippen LogP contribution in [0.3, 0.4) is 0 Å². The Bertz CT molecular complexity index is 633. The van der Waals surface area contributed by atoms with E-state index in [1.54, 1.807) is 0 Å². The lowest BCUT2D eigenvalue weighted by Crippen LogP contribution is -2.15. The molecule has 0 radical (unpaired) electrons. The fourth-order valence-corrected chi connectivity index (χ4v) is 2.70. The molecule has 0 aliphatic carbocycles.